The van der Waals surface area contributed by atoms with E-state index in [1.54, 1.807) is 12.1 Å². The fourth-order valence-corrected chi connectivity index (χ4v) is 2.40. The van der Waals surface area contributed by atoms with Crippen LogP contribution in [-0.4, -0.2) is 12.3 Å². The Balaban J connectivity index is 1.69. The summed E-state index contributed by atoms with van der Waals surface area (Å²) in [7, 11) is 0. The molecule has 1 heterocycles. The second-order valence-electron chi connectivity index (χ2n) is 5.57. The van der Waals surface area contributed by atoms with Crippen LogP contribution in [0.15, 0.2) is 64.8 Å². The van der Waals surface area contributed by atoms with Crippen molar-refractivity contribution in [1.82, 2.24) is 0 Å². The molecule has 0 N–H and O–H groups in total. The Morgan fingerprint density at radius 1 is 1.00 bits per heavy atom. The lowest BCUT2D eigenvalue weighted by Crippen LogP contribution is -2.00. The molecule has 0 spiro atoms. The number of allylic oxidation sites excluding steroid dienone is 1. The summed E-state index contributed by atoms with van der Waals surface area (Å²) in [5.41, 5.74) is 5.30. The molecule has 1 aliphatic rings. The molecule has 3 rings (SSSR count). The molecule has 0 aliphatic carbocycles. The number of ether oxygens (including phenoxy) is 1. The normalized spacial score (nSPS) is 14.2. The molecule has 2 nitrogen and oxygen atoms in total. The fourth-order valence-electron chi connectivity index (χ4n) is 2.40. The smallest absolute Gasteiger partial charge is 0.130 e. The van der Waals surface area contributed by atoms with Crippen LogP contribution in [0, 0.1) is 12.7 Å². The number of halogens is 1. The van der Waals surface area contributed by atoms with Gasteiger partial charge < -0.3 is 4.74 Å². The predicted molar refractivity (Wildman–Crippen MR) is 86.9 cm³/mol. The van der Waals surface area contributed by atoms with Crippen molar-refractivity contribution in [2.24, 2.45) is 4.99 Å². The number of aryl methyl sites for hydroxylation is 1. The molecule has 3 heteroatoms. The van der Waals surface area contributed by atoms with Crippen molar-refractivity contribution in [3.05, 3.63) is 76.7 Å². The Kier molecular flexibility index (Phi) is 4.05. The minimum atomic E-state index is -0.227. The molecule has 2 aromatic rings. The Bertz CT molecular complexity index is 727. The largest absolute Gasteiger partial charge is 0.487 e. The molecule has 1 aliphatic heterocycles. The van der Waals surface area contributed by atoms with Gasteiger partial charge in [-0.15, -0.1) is 0 Å². The zero-order valence-corrected chi connectivity index (χ0v) is 12.8. The lowest BCUT2D eigenvalue weighted by Gasteiger charge is -2.06. The van der Waals surface area contributed by atoms with Crippen LogP contribution < -0.4 is 4.74 Å². The first-order valence-corrected chi connectivity index (χ1v) is 7.33. The molecule has 0 amide bonds. The summed E-state index contributed by atoms with van der Waals surface area (Å²) in [4.78, 5) is 4.65. The van der Waals surface area contributed by atoms with Crippen molar-refractivity contribution in [3.63, 3.8) is 0 Å². The van der Waals surface area contributed by atoms with Gasteiger partial charge in [-0.3, -0.25) is 4.99 Å². The minimum absolute atomic E-state index is 0.227. The molecule has 112 valence electrons. The highest BCUT2D eigenvalue weighted by molar-refractivity contribution is 6.04. The zero-order valence-electron chi connectivity index (χ0n) is 12.8. The van der Waals surface area contributed by atoms with E-state index in [2.05, 4.69) is 11.9 Å². The summed E-state index contributed by atoms with van der Waals surface area (Å²) < 4.78 is 18.8. The first-order chi connectivity index (χ1) is 10.6. The second-order valence-corrected chi connectivity index (χ2v) is 5.57. The van der Waals surface area contributed by atoms with E-state index in [0.29, 0.717) is 6.61 Å². The molecule has 22 heavy (non-hydrogen) atoms. The maximum absolute atomic E-state index is 13.0. The van der Waals surface area contributed by atoms with Crippen molar-refractivity contribution in [3.8, 4) is 5.75 Å². The lowest BCUT2D eigenvalue weighted by molar-refractivity contribution is 0.350. The van der Waals surface area contributed by atoms with Crippen molar-refractivity contribution in [2.75, 3.05) is 6.61 Å². The standard InChI is InChI=1S/C19H18FNO/c1-13-3-9-17(10-4-13)22-12-19-14(2)11-18(21-19)15-5-7-16(20)8-6-15/h3-10H,11-12H2,1-2H3. The monoisotopic (exact) mass is 295 g/mol. The summed E-state index contributed by atoms with van der Waals surface area (Å²) in [5.74, 6) is 0.617. The van der Waals surface area contributed by atoms with Gasteiger partial charge in [0.1, 0.15) is 18.2 Å². The zero-order chi connectivity index (χ0) is 15.5. The van der Waals surface area contributed by atoms with E-state index in [0.717, 1.165) is 29.1 Å². The van der Waals surface area contributed by atoms with Gasteiger partial charge in [0.15, 0.2) is 0 Å². The van der Waals surface area contributed by atoms with Crippen LogP contribution >= 0.6 is 0 Å². The SMILES string of the molecule is CC1=C(COc2ccc(C)cc2)N=C(c2ccc(F)cc2)C1. The summed E-state index contributed by atoms with van der Waals surface area (Å²) in [6, 6.07) is 14.4. The van der Waals surface area contributed by atoms with Crippen LogP contribution in [0.3, 0.4) is 0 Å². The summed E-state index contributed by atoms with van der Waals surface area (Å²) in [6.45, 7) is 4.57. The second kappa shape index (κ2) is 6.14. The van der Waals surface area contributed by atoms with Gasteiger partial charge in [0, 0.05) is 6.42 Å². The van der Waals surface area contributed by atoms with E-state index in [1.165, 1.54) is 23.3 Å². The molecular formula is C19H18FNO. The first kappa shape index (κ1) is 14.5. The van der Waals surface area contributed by atoms with Gasteiger partial charge in [-0.2, -0.15) is 0 Å². The highest BCUT2D eigenvalue weighted by Crippen LogP contribution is 2.24. The lowest BCUT2D eigenvalue weighted by atomic mass is 10.1. The van der Waals surface area contributed by atoms with Gasteiger partial charge in [0.05, 0.1) is 11.4 Å². The molecule has 0 unspecified atom stereocenters. The van der Waals surface area contributed by atoms with Gasteiger partial charge in [0.2, 0.25) is 0 Å². The number of nitrogens with zero attached hydrogens (tertiary/aromatic N) is 1. The summed E-state index contributed by atoms with van der Waals surface area (Å²) >= 11 is 0. The van der Waals surface area contributed by atoms with Gasteiger partial charge in [0.25, 0.3) is 0 Å². The third-order valence-corrected chi connectivity index (χ3v) is 3.77. The predicted octanol–water partition coefficient (Wildman–Crippen LogP) is 4.68. The number of rotatable bonds is 4. The molecule has 0 fully saturated rings. The number of hydrogen-bond acceptors (Lipinski definition) is 2. The Morgan fingerprint density at radius 2 is 1.68 bits per heavy atom. The maximum Gasteiger partial charge on any atom is 0.130 e. The van der Waals surface area contributed by atoms with Crippen molar-refractivity contribution < 1.29 is 9.13 Å². The molecule has 0 atom stereocenters. The topological polar surface area (TPSA) is 21.6 Å². The summed E-state index contributed by atoms with van der Waals surface area (Å²) in [5, 5.41) is 0. The molecule has 0 saturated carbocycles. The van der Waals surface area contributed by atoms with E-state index in [-0.39, 0.29) is 5.82 Å². The van der Waals surface area contributed by atoms with E-state index in [4.69, 9.17) is 4.74 Å². The van der Waals surface area contributed by atoms with Crippen molar-refractivity contribution >= 4 is 5.71 Å². The van der Waals surface area contributed by atoms with Crippen LogP contribution in [0.25, 0.3) is 0 Å². The number of hydrogen-bond donors (Lipinski definition) is 0. The summed E-state index contributed by atoms with van der Waals surface area (Å²) in [6.07, 6.45) is 0.790. The van der Waals surface area contributed by atoms with Gasteiger partial charge in [-0.25, -0.2) is 4.39 Å². The van der Waals surface area contributed by atoms with Gasteiger partial charge in [-0.1, -0.05) is 29.8 Å². The quantitative estimate of drug-likeness (QED) is 0.802. The molecule has 2 aromatic carbocycles. The van der Waals surface area contributed by atoms with Crippen LogP contribution in [0.1, 0.15) is 24.5 Å². The van der Waals surface area contributed by atoms with E-state index in [9.17, 15) is 4.39 Å². The molecule has 0 radical (unpaired) electrons. The Hall–Kier alpha value is -2.42. The van der Waals surface area contributed by atoms with Crippen LogP contribution in [0.4, 0.5) is 4.39 Å². The van der Waals surface area contributed by atoms with Gasteiger partial charge in [-0.05, 0) is 49.2 Å². The minimum Gasteiger partial charge on any atom is -0.487 e. The average molecular weight is 295 g/mol. The van der Waals surface area contributed by atoms with Crippen LogP contribution in [0.2, 0.25) is 0 Å². The van der Waals surface area contributed by atoms with Gasteiger partial charge >= 0.3 is 0 Å². The highest BCUT2D eigenvalue weighted by atomic mass is 19.1. The Morgan fingerprint density at radius 3 is 2.36 bits per heavy atom. The molecule has 0 saturated heterocycles. The molecule has 0 bridgehead atoms. The van der Waals surface area contributed by atoms with E-state index < -0.39 is 0 Å². The van der Waals surface area contributed by atoms with E-state index >= 15 is 0 Å². The third kappa shape index (κ3) is 3.25. The number of aliphatic imine (C=N–C) groups is 1. The van der Waals surface area contributed by atoms with Crippen molar-refractivity contribution in [1.29, 1.82) is 0 Å². The average Bonchev–Trinajstić information content (AvgIpc) is 2.88. The first-order valence-electron chi connectivity index (χ1n) is 7.33. The van der Waals surface area contributed by atoms with Crippen LogP contribution in [-0.2, 0) is 0 Å². The van der Waals surface area contributed by atoms with E-state index in [1.807, 2.05) is 31.2 Å². The third-order valence-electron chi connectivity index (χ3n) is 3.77. The maximum atomic E-state index is 13.0. The fraction of sp³-hybridized carbons (Fsp3) is 0.211. The number of benzene rings is 2. The van der Waals surface area contributed by atoms with Crippen LogP contribution in [0.5, 0.6) is 5.75 Å². The molecule has 0 aromatic heterocycles. The Labute approximate surface area is 130 Å². The molecular weight excluding hydrogens is 277 g/mol. The highest BCUT2D eigenvalue weighted by Gasteiger charge is 2.16. The van der Waals surface area contributed by atoms with Crippen molar-refractivity contribution in [2.45, 2.75) is 20.3 Å².